The largest absolute Gasteiger partial charge is 0.382 e. The standard InChI is InChI=1S/C11H23NO2.C2H6/c1-4-13-8-5-6-12-7-9-14-11(2,3)10-12;1-2/h4-10H2,1-3H3;1-2H3. The number of morpholine rings is 1. The van der Waals surface area contributed by atoms with Crippen molar-refractivity contribution in [1.29, 1.82) is 0 Å². The van der Waals surface area contributed by atoms with Gasteiger partial charge in [0.05, 0.1) is 12.2 Å². The molecule has 1 aliphatic rings. The van der Waals surface area contributed by atoms with E-state index in [0.717, 1.165) is 45.9 Å². The number of nitrogens with zero attached hydrogens (tertiary/aromatic N) is 1. The smallest absolute Gasteiger partial charge is 0.0753 e. The van der Waals surface area contributed by atoms with Gasteiger partial charge in [-0.3, -0.25) is 4.90 Å². The molecule has 1 fully saturated rings. The van der Waals surface area contributed by atoms with Crippen LogP contribution in [0.25, 0.3) is 0 Å². The lowest BCUT2D eigenvalue weighted by molar-refractivity contribution is -0.0869. The van der Waals surface area contributed by atoms with E-state index in [1.807, 2.05) is 20.8 Å². The Labute approximate surface area is 101 Å². The summed E-state index contributed by atoms with van der Waals surface area (Å²) in [5, 5.41) is 0. The van der Waals surface area contributed by atoms with Crippen LogP contribution in [0.4, 0.5) is 0 Å². The van der Waals surface area contributed by atoms with Gasteiger partial charge in [0, 0.05) is 32.8 Å². The van der Waals surface area contributed by atoms with Crippen molar-refractivity contribution in [1.82, 2.24) is 4.90 Å². The van der Waals surface area contributed by atoms with Crippen LogP contribution in [0.15, 0.2) is 0 Å². The Morgan fingerprint density at radius 1 is 1.31 bits per heavy atom. The molecular formula is C13H29NO2. The highest BCUT2D eigenvalue weighted by Gasteiger charge is 2.26. The van der Waals surface area contributed by atoms with E-state index in [1.54, 1.807) is 0 Å². The normalized spacial score (nSPS) is 20.1. The van der Waals surface area contributed by atoms with Crippen LogP contribution in [0.1, 0.15) is 41.0 Å². The molecule has 1 aliphatic heterocycles. The van der Waals surface area contributed by atoms with E-state index in [9.17, 15) is 0 Å². The average Bonchev–Trinajstić information content (AvgIpc) is 2.26. The first kappa shape index (κ1) is 15.9. The van der Waals surface area contributed by atoms with Gasteiger partial charge < -0.3 is 9.47 Å². The molecule has 1 rings (SSSR count). The van der Waals surface area contributed by atoms with Crippen LogP contribution < -0.4 is 0 Å². The second kappa shape index (κ2) is 8.97. The minimum atomic E-state index is 0.0316. The monoisotopic (exact) mass is 231 g/mol. The van der Waals surface area contributed by atoms with Crippen molar-refractivity contribution in [3.8, 4) is 0 Å². The molecule has 3 nitrogen and oxygen atoms in total. The van der Waals surface area contributed by atoms with Crippen molar-refractivity contribution in [2.75, 3.05) is 39.5 Å². The quantitative estimate of drug-likeness (QED) is 0.679. The fraction of sp³-hybridized carbons (Fsp3) is 1.00. The van der Waals surface area contributed by atoms with Gasteiger partial charge in [0.25, 0.3) is 0 Å². The van der Waals surface area contributed by atoms with Gasteiger partial charge in [-0.25, -0.2) is 0 Å². The Morgan fingerprint density at radius 3 is 2.56 bits per heavy atom. The molecule has 1 saturated heterocycles. The van der Waals surface area contributed by atoms with Crippen LogP contribution >= 0.6 is 0 Å². The Bertz CT molecular complexity index is 160. The van der Waals surface area contributed by atoms with Crippen LogP contribution in [0.2, 0.25) is 0 Å². The van der Waals surface area contributed by atoms with Gasteiger partial charge >= 0.3 is 0 Å². The fourth-order valence-corrected chi connectivity index (χ4v) is 1.84. The maximum Gasteiger partial charge on any atom is 0.0753 e. The van der Waals surface area contributed by atoms with E-state index < -0.39 is 0 Å². The fourth-order valence-electron chi connectivity index (χ4n) is 1.84. The van der Waals surface area contributed by atoms with Crippen molar-refractivity contribution in [2.45, 2.75) is 46.6 Å². The molecule has 0 saturated carbocycles. The Kier molecular flexibility index (Phi) is 8.90. The molecule has 98 valence electrons. The van der Waals surface area contributed by atoms with Gasteiger partial charge in [-0.15, -0.1) is 0 Å². The average molecular weight is 231 g/mol. The van der Waals surface area contributed by atoms with Crippen LogP contribution in [0, 0.1) is 0 Å². The first-order valence-corrected chi connectivity index (χ1v) is 6.58. The molecule has 0 unspecified atom stereocenters. The summed E-state index contributed by atoms with van der Waals surface area (Å²) in [4.78, 5) is 2.46. The van der Waals surface area contributed by atoms with Crippen LogP contribution in [0.5, 0.6) is 0 Å². The van der Waals surface area contributed by atoms with E-state index in [-0.39, 0.29) is 5.60 Å². The highest BCUT2D eigenvalue weighted by Crippen LogP contribution is 2.16. The van der Waals surface area contributed by atoms with Crippen molar-refractivity contribution in [3.05, 3.63) is 0 Å². The van der Waals surface area contributed by atoms with Gasteiger partial charge in [-0.1, -0.05) is 13.8 Å². The van der Waals surface area contributed by atoms with Crippen molar-refractivity contribution >= 4 is 0 Å². The van der Waals surface area contributed by atoms with E-state index in [4.69, 9.17) is 9.47 Å². The van der Waals surface area contributed by atoms with Crippen molar-refractivity contribution in [3.63, 3.8) is 0 Å². The summed E-state index contributed by atoms with van der Waals surface area (Å²) in [5.41, 5.74) is 0.0316. The summed E-state index contributed by atoms with van der Waals surface area (Å²) in [6.07, 6.45) is 1.13. The second-order valence-corrected chi connectivity index (χ2v) is 4.43. The molecule has 3 heteroatoms. The van der Waals surface area contributed by atoms with Crippen molar-refractivity contribution < 1.29 is 9.47 Å². The molecule has 1 heterocycles. The summed E-state index contributed by atoms with van der Waals surface area (Å²) in [7, 11) is 0. The maximum absolute atomic E-state index is 5.65. The van der Waals surface area contributed by atoms with Gasteiger partial charge in [0.15, 0.2) is 0 Å². The maximum atomic E-state index is 5.65. The van der Waals surface area contributed by atoms with Gasteiger partial charge in [0.2, 0.25) is 0 Å². The molecular weight excluding hydrogens is 202 g/mol. The third kappa shape index (κ3) is 7.20. The number of rotatable bonds is 5. The zero-order valence-corrected chi connectivity index (χ0v) is 11.7. The molecule has 0 aromatic heterocycles. The van der Waals surface area contributed by atoms with Crippen molar-refractivity contribution in [2.24, 2.45) is 0 Å². The minimum absolute atomic E-state index is 0.0316. The highest BCUT2D eigenvalue weighted by molar-refractivity contribution is 4.78. The molecule has 0 aliphatic carbocycles. The summed E-state index contributed by atoms with van der Waals surface area (Å²) < 4.78 is 11.0. The molecule has 0 amide bonds. The van der Waals surface area contributed by atoms with Gasteiger partial charge in [-0.2, -0.15) is 0 Å². The van der Waals surface area contributed by atoms with E-state index in [1.165, 1.54) is 0 Å². The van der Waals surface area contributed by atoms with Gasteiger partial charge in [0.1, 0.15) is 0 Å². The van der Waals surface area contributed by atoms with E-state index in [2.05, 4.69) is 18.7 Å². The van der Waals surface area contributed by atoms with Crippen LogP contribution in [0.3, 0.4) is 0 Å². The van der Waals surface area contributed by atoms with Crippen LogP contribution in [-0.4, -0.2) is 50.0 Å². The Balaban J connectivity index is 0.00000106. The number of hydrogen-bond acceptors (Lipinski definition) is 3. The molecule has 0 atom stereocenters. The zero-order chi connectivity index (χ0) is 12.4. The predicted molar refractivity (Wildman–Crippen MR) is 68.9 cm³/mol. The lowest BCUT2D eigenvalue weighted by Crippen LogP contribution is -2.48. The second-order valence-electron chi connectivity index (χ2n) is 4.43. The van der Waals surface area contributed by atoms with E-state index in [0.29, 0.717) is 0 Å². The minimum Gasteiger partial charge on any atom is -0.382 e. The first-order valence-electron chi connectivity index (χ1n) is 6.58. The Hall–Kier alpha value is -0.120. The summed E-state index contributed by atoms with van der Waals surface area (Å²) in [6.45, 7) is 16.2. The van der Waals surface area contributed by atoms with E-state index >= 15 is 0 Å². The topological polar surface area (TPSA) is 21.7 Å². The lowest BCUT2D eigenvalue weighted by atomic mass is 10.1. The molecule has 0 bridgehead atoms. The first-order chi connectivity index (χ1) is 7.64. The van der Waals surface area contributed by atoms with Crippen LogP contribution in [-0.2, 0) is 9.47 Å². The molecule has 0 aromatic rings. The summed E-state index contributed by atoms with van der Waals surface area (Å²) in [6, 6.07) is 0. The lowest BCUT2D eigenvalue weighted by Gasteiger charge is -2.38. The van der Waals surface area contributed by atoms with Gasteiger partial charge in [-0.05, 0) is 27.2 Å². The third-order valence-electron chi connectivity index (χ3n) is 2.47. The third-order valence-corrected chi connectivity index (χ3v) is 2.47. The molecule has 0 radical (unpaired) electrons. The molecule has 0 N–H and O–H groups in total. The number of ether oxygens (including phenoxy) is 2. The SMILES string of the molecule is CC.CCOCCCN1CCOC(C)(C)C1. The zero-order valence-electron chi connectivity index (χ0n) is 11.7. The summed E-state index contributed by atoms with van der Waals surface area (Å²) >= 11 is 0. The molecule has 0 spiro atoms. The highest BCUT2D eigenvalue weighted by atomic mass is 16.5. The summed E-state index contributed by atoms with van der Waals surface area (Å²) in [5.74, 6) is 0. The Morgan fingerprint density at radius 2 is 2.00 bits per heavy atom. The molecule has 0 aromatic carbocycles. The predicted octanol–water partition coefficient (Wildman–Crippen LogP) is 2.55. The molecule has 16 heavy (non-hydrogen) atoms. The number of hydrogen-bond donors (Lipinski definition) is 0.